The van der Waals surface area contributed by atoms with E-state index in [2.05, 4.69) is 10.3 Å². The van der Waals surface area contributed by atoms with Crippen molar-refractivity contribution in [1.82, 2.24) is 9.88 Å². The summed E-state index contributed by atoms with van der Waals surface area (Å²) in [4.78, 5) is 42.6. The van der Waals surface area contributed by atoms with E-state index in [1.807, 2.05) is 13.0 Å². The van der Waals surface area contributed by atoms with Crippen molar-refractivity contribution in [1.29, 1.82) is 0 Å². The molecule has 2 aliphatic rings. The molecule has 0 unspecified atom stereocenters. The molecule has 0 saturated heterocycles. The van der Waals surface area contributed by atoms with Gasteiger partial charge in [-0.3, -0.25) is 24.3 Å². The Labute approximate surface area is 174 Å². The number of fused-ring (bicyclic) bond motifs is 1. The smallest absolute Gasteiger partial charge is 0.261 e. The van der Waals surface area contributed by atoms with E-state index in [9.17, 15) is 18.8 Å². The molecule has 4 rings (SSSR count). The first-order valence-electron chi connectivity index (χ1n) is 9.62. The lowest BCUT2D eigenvalue weighted by atomic mass is 9.97. The number of nitrogens with one attached hydrogen (secondary N) is 1. The molecule has 1 N–H and O–H groups in total. The van der Waals surface area contributed by atoms with Crippen molar-refractivity contribution in [2.75, 3.05) is 12.4 Å². The van der Waals surface area contributed by atoms with Crippen LogP contribution >= 0.6 is 0 Å². The standard InChI is InChI=1S/C23H20FN3O3.H2/c1-13-8-15(21-18(9-13)22(29)27(2)23(21)30)11-20(28)26-17-6-7-19(25-12-17)14-4-3-5-16(24)10-14;/h4,6-10,12H,3,5,11H2,1-2H3,(H,26,28);1H. The number of aryl methyl sites for hydroxylation is 1. The topological polar surface area (TPSA) is 79.4 Å². The minimum Gasteiger partial charge on any atom is -0.324 e. The summed E-state index contributed by atoms with van der Waals surface area (Å²) in [7, 11) is 1.43. The number of aromatic nitrogens is 1. The molecule has 1 aromatic heterocycles. The van der Waals surface area contributed by atoms with Gasteiger partial charge in [0.25, 0.3) is 11.8 Å². The Bertz CT molecular complexity index is 1140. The number of hydrogen-bond donors (Lipinski definition) is 1. The average Bonchev–Trinajstić information content (AvgIpc) is 2.92. The largest absolute Gasteiger partial charge is 0.324 e. The highest BCUT2D eigenvalue weighted by molar-refractivity contribution is 6.22. The lowest BCUT2D eigenvalue weighted by Crippen LogP contribution is -2.24. The van der Waals surface area contributed by atoms with E-state index in [0.29, 0.717) is 35.3 Å². The van der Waals surface area contributed by atoms with Crippen LogP contribution in [0.3, 0.4) is 0 Å². The molecule has 0 fully saturated rings. The first-order valence-corrected chi connectivity index (χ1v) is 9.62. The zero-order chi connectivity index (χ0) is 21.4. The van der Waals surface area contributed by atoms with Crippen molar-refractivity contribution >= 4 is 29.0 Å². The Morgan fingerprint density at radius 1 is 1.27 bits per heavy atom. The fourth-order valence-electron chi connectivity index (χ4n) is 3.72. The van der Waals surface area contributed by atoms with Crippen molar-refractivity contribution in [3.05, 3.63) is 76.4 Å². The summed E-state index contributed by atoms with van der Waals surface area (Å²) in [5.41, 5.74) is 3.79. The summed E-state index contributed by atoms with van der Waals surface area (Å²) >= 11 is 0. The van der Waals surface area contributed by atoms with Crippen LogP contribution in [0.4, 0.5) is 10.1 Å². The number of rotatable bonds is 4. The number of imide groups is 1. The molecular weight excluding hydrogens is 385 g/mol. The second kappa shape index (κ2) is 7.67. The van der Waals surface area contributed by atoms with Crippen LogP contribution in [-0.4, -0.2) is 34.7 Å². The number of nitrogens with zero attached hydrogens (tertiary/aromatic N) is 2. The zero-order valence-corrected chi connectivity index (χ0v) is 16.7. The number of carbonyl (C=O) groups is 3. The van der Waals surface area contributed by atoms with Gasteiger partial charge in [-0.1, -0.05) is 12.1 Å². The molecular formula is C23H22FN3O3. The summed E-state index contributed by atoms with van der Waals surface area (Å²) < 4.78 is 13.5. The first-order chi connectivity index (χ1) is 14.3. The molecule has 7 heteroatoms. The summed E-state index contributed by atoms with van der Waals surface area (Å²) in [6.07, 6.45) is 5.91. The van der Waals surface area contributed by atoms with Crippen LogP contribution in [-0.2, 0) is 11.2 Å². The number of pyridine rings is 1. The molecule has 0 bridgehead atoms. The molecule has 3 amide bonds. The highest BCUT2D eigenvalue weighted by Gasteiger charge is 2.35. The van der Waals surface area contributed by atoms with Gasteiger partial charge in [0.05, 0.1) is 35.1 Å². The van der Waals surface area contributed by atoms with Crippen LogP contribution in [0.5, 0.6) is 0 Å². The maximum Gasteiger partial charge on any atom is 0.261 e. The van der Waals surface area contributed by atoms with Gasteiger partial charge >= 0.3 is 0 Å². The Kier molecular flexibility index (Phi) is 5.03. The van der Waals surface area contributed by atoms with Crippen LogP contribution in [0.2, 0.25) is 0 Å². The average molecular weight is 407 g/mol. The molecule has 1 aliphatic carbocycles. The monoisotopic (exact) mass is 407 g/mol. The molecule has 0 atom stereocenters. The Balaban J connectivity index is 0.00000272. The van der Waals surface area contributed by atoms with E-state index in [1.54, 1.807) is 24.3 Å². The van der Waals surface area contributed by atoms with Crippen LogP contribution in [0, 0.1) is 6.92 Å². The lowest BCUT2D eigenvalue weighted by molar-refractivity contribution is -0.115. The number of halogens is 1. The molecule has 1 aliphatic heterocycles. The van der Waals surface area contributed by atoms with Gasteiger partial charge in [0.15, 0.2) is 0 Å². The van der Waals surface area contributed by atoms with Crippen molar-refractivity contribution in [2.24, 2.45) is 0 Å². The second-order valence-electron chi connectivity index (χ2n) is 7.46. The predicted molar refractivity (Wildman–Crippen MR) is 113 cm³/mol. The number of benzene rings is 1. The number of anilines is 1. The van der Waals surface area contributed by atoms with Gasteiger partial charge in [-0.15, -0.1) is 0 Å². The van der Waals surface area contributed by atoms with Gasteiger partial charge in [0, 0.05) is 14.9 Å². The maximum atomic E-state index is 13.5. The number of allylic oxidation sites excluding steroid dienone is 4. The van der Waals surface area contributed by atoms with E-state index in [0.717, 1.165) is 16.0 Å². The molecule has 0 radical (unpaired) electrons. The van der Waals surface area contributed by atoms with Crippen LogP contribution < -0.4 is 5.32 Å². The minimum absolute atomic E-state index is 0. The number of hydrogen-bond acceptors (Lipinski definition) is 4. The molecule has 2 aromatic rings. The van der Waals surface area contributed by atoms with Crippen molar-refractivity contribution in [3.8, 4) is 0 Å². The molecule has 0 saturated carbocycles. The van der Waals surface area contributed by atoms with Gasteiger partial charge in [-0.25, -0.2) is 4.39 Å². The van der Waals surface area contributed by atoms with E-state index >= 15 is 0 Å². The number of amides is 3. The first kappa shape index (κ1) is 19.7. The molecule has 6 nitrogen and oxygen atoms in total. The van der Waals surface area contributed by atoms with Gasteiger partial charge in [-0.05, 0) is 54.3 Å². The van der Waals surface area contributed by atoms with Crippen molar-refractivity contribution < 1.29 is 20.2 Å². The third kappa shape index (κ3) is 3.66. The summed E-state index contributed by atoms with van der Waals surface area (Å²) in [5.74, 6) is -1.25. The summed E-state index contributed by atoms with van der Waals surface area (Å²) in [5, 5.41) is 2.76. The van der Waals surface area contributed by atoms with Gasteiger partial charge in [-0.2, -0.15) is 0 Å². The zero-order valence-electron chi connectivity index (χ0n) is 16.7. The predicted octanol–water partition coefficient (Wildman–Crippen LogP) is 4.07. The Hall–Kier alpha value is -3.61. The van der Waals surface area contributed by atoms with Gasteiger partial charge < -0.3 is 5.32 Å². The van der Waals surface area contributed by atoms with Crippen molar-refractivity contribution in [3.63, 3.8) is 0 Å². The van der Waals surface area contributed by atoms with E-state index in [4.69, 9.17) is 0 Å². The van der Waals surface area contributed by atoms with Crippen LogP contribution in [0.25, 0.3) is 5.57 Å². The third-order valence-electron chi connectivity index (χ3n) is 5.17. The van der Waals surface area contributed by atoms with Crippen LogP contribution in [0.15, 0.2) is 48.4 Å². The Morgan fingerprint density at radius 2 is 2.07 bits per heavy atom. The molecule has 1 aromatic carbocycles. The molecule has 0 spiro atoms. The Morgan fingerprint density at radius 3 is 2.77 bits per heavy atom. The van der Waals surface area contributed by atoms with E-state index < -0.39 is 5.91 Å². The minimum atomic E-state index is -0.398. The lowest BCUT2D eigenvalue weighted by Gasteiger charge is -2.11. The highest BCUT2D eigenvalue weighted by Crippen LogP contribution is 2.28. The quantitative estimate of drug-likeness (QED) is 0.775. The fourth-order valence-corrected chi connectivity index (χ4v) is 3.72. The molecule has 30 heavy (non-hydrogen) atoms. The fraction of sp³-hybridized carbons (Fsp3) is 0.217. The highest BCUT2D eigenvalue weighted by atomic mass is 19.1. The van der Waals surface area contributed by atoms with Gasteiger partial charge in [0.1, 0.15) is 5.83 Å². The summed E-state index contributed by atoms with van der Waals surface area (Å²) in [6, 6.07) is 6.84. The number of carbonyl (C=O) groups excluding carboxylic acids is 3. The second-order valence-corrected chi connectivity index (χ2v) is 7.46. The third-order valence-corrected chi connectivity index (χ3v) is 5.17. The normalized spacial score (nSPS) is 15.6. The van der Waals surface area contributed by atoms with Gasteiger partial charge in [0.2, 0.25) is 5.91 Å². The molecule has 2 heterocycles. The van der Waals surface area contributed by atoms with Crippen molar-refractivity contribution in [2.45, 2.75) is 26.2 Å². The van der Waals surface area contributed by atoms with Crippen LogP contribution in [0.1, 0.15) is 51.8 Å². The SMILES string of the molecule is Cc1cc(CC(=O)Nc2ccc(C3=CCCC(F)=C3)nc2)c2c(c1)C(=O)N(C)C2=O.[HH]. The molecule has 154 valence electrons. The van der Waals surface area contributed by atoms with E-state index in [1.165, 1.54) is 19.3 Å². The maximum absolute atomic E-state index is 13.5. The van der Waals surface area contributed by atoms with E-state index in [-0.39, 0.29) is 31.1 Å². The summed E-state index contributed by atoms with van der Waals surface area (Å²) in [6.45, 7) is 1.82.